The zero-order valence-corrected chi connectivity index (χ0v) is 11.7. The number of amides is 5. The standard InChI is InChI=1S/C13H19N3O4/c1-8(9(17)14-2)16-11(19)13(6-4-3-5-7-13)10(18)15-12(16)20/h8H,3-7H2,1-2H3,(H,14,17)(H,15,18,20). The van der Waals surface area contributed by atoms with E-state index in [0.29, 0.717) is 12.8 Å². The highest BCUT2D eigenvalue weighted by molar-refractivity contribution is 6.20. The van der Waals surface area contributed by atoms with Crippen molar-refractivity contribution in [3.05, 3.63) is 0 Å². The second-order valence-corrected chi connectivity index (χ2v) is 5.37. The van der Waals surface area contributed by atoms with Gasteiger partial charge in [0.05, 0.1) is 0 Å². The zero-order chi connectivity index (χ0) is 14.9. The summed E-state index contributed by atoms with van der Waals surface area (Å²) in [6.07, 6.45) is 3.39. The van der Waals surface area contributed by atoms with E-state index in [2.05, 4.69) is 10.6 Å². The molecule has 1 saturated carbocycles. The van der Waals surface area contributed by atoms with Gasteiger partial charge in [0, 0.05) is 7.05 Å². The number of carbonyl (C=O) groups is 4. The Morgan fingerprint density at radius 3 is 2.40 bits per heavy atom. The van der Waals surface area contributed by atoms with Crippen LogP contribution in [0.15, 0.2) is 0 Å². The molecule has 1 spiro atoms. The van der Waals surface area contributed by atoms with E-state index in [9.17, 15) is 19.2 Å². The average molecular weight is 281 g/mol. The smallest absolute Gasteiger partial charge is 0.331 e. The third-order valence-corrected chi connectivity index (χ3v) is 4.22. The van der Waals surface area contributed by atoms with E-state index >= 15 is 0 Å². The van der Waals surface area contributed by atoms with Crippen LogP contribution in [0, 0.1) is 5.41 Å². The average Bonchev–Trinajstić information content (AvgIpc) is 2.45. The quantitative estimate of drug-likeness (QED) is 0.704. The molecule has 0 radical (unpaired) electrons. The maximum atomic E-state index is 12.6. The summed E-state index contributed by atoms with van der Waals surface area (Å²) in [6.45, 7) is 1.47. The molecule has 2 rings (SSSR count). The van der Waals surface area contributed by atoms with Gasteiger partial charge in [-0.25, -0.2) is 4.79 Å². The molecule has 1 heterocycles. The van der Waals surface area contributed by atoms with Crippen molar-refractivity contribution in [2.24, 2.45) is 5.41 Å². The fraction of sp³-hybridized carbons (Fsp3) is 0.692. The van der Waals surface area contributed by atoms with Crippen LogP contribution < -0.4 is 10.6 Å². The molecule has 0 aromatic carbocycles. The van der Waals surface area contributed by atoms with Gasteiger partial charge in [-0.2, -0.15) is 0 Å². The molecule has 0 bridgehead atoms. The fourth-order valence-corrected chi connectivity index (χ4v) is 2.97. The Morgan fingerprint density at radius 1 is 1.25 bits per heavy atom. The first-order chi connectivity index (χ1) is 9.44. The van der Waals surface area contributed by atoms with Crippen molar-refractivity contribution in [1.82, 2.24) is 15.5 Å². The number of hydrogen-bond acceptors (Lipinski definition) is 4. The fourth-order valence-electron chi connectivity index (χ4n) is 2.97. The zero-order valence-electron chi connectivity index (χ0n) is 11.7. The number of hydrogen-bond donors (Lipinski definition) is 2. The van der Waals surface area contributed by atoms with Gasteiger partial charge in [0.2, 0.25) is 17.7 Å². The first-order valence-electron chi connectivity index (χ1n) is 6.85. The molecule has 2 N–H and O–H groups in total. The Kier molecular flexibility index (Phi) is 3.78. The van der Waals surface area contributed by atoms with E-state index in [0.717, 1.165) is 24.2 Å². The van der Waals surface area contributed by atoms with Gasteiger partial charge >= 0.3 is 6.03 Å². The summed E-state index contributed by atoms with van der Waals surface area (Å²) in [4.78, 5) is 49.2. The highest BCUT2D eigenvalue weighted by Crippen LogP contribution is 2.40. The topological polar surface area (TPSA) is 95.6 Å². The Morgan fingerprint density at radius 2 is 1.85 bits per heavy atom. The van der Waals surface area contributed by atoms with Crippen molar-refractivity contribution in [3.63, 3.8) is 0 Å². The van der Waals surface area contributed by atoms with Crippen molar-refractivity contribution < 1.29 is 19.2 Å². The molecule has 1 atom stereocenters. The first kappa shape index (κ1) is 14.5. The van der Waals surface area contributed by atoms with Crippen molar-refractivity contribution in [2.75, 3.05) is 7.05 Å². The molecule has 7 nitrogen and oxygen atoms in total. The molecule has 110 valence electrons. The van der Waals surface area contributed by atoms with Crippen molar-refractivity contribution in [1.29, 1.82) is 0 Å². The normalized spacial score (nSPS) is 23.5. The summed E-state index contributed by atoms with van der Waals surface area (Å²) < 4.78 is 0. The highest BCUT2D eigenvalue weighted by Gasteiger charge is 2.55. The van der Waals surface area contributed by atoms with E-state index < -0.39 is 35.2 Å². The number of nitrogens with one attached hydrogen (secondary N) is 2. The van der Waals surface area contributed by atoms with Crippen LogP contribution in [0.5, 0.6) is 0 Å². The van der Waals surface area contributed by atoms with E-state index in [-0.39, 0.29) is 0 Å². The Balaban J connectivity index is 2.33. The van der Waals surface area contributed by atoms with E-state index in [1.54, 1.807) is 0 Å². The van der Waals surface area contributed by atoms with Gasteiger partial charge in [-0.3, -0.25) is 24.6 Å². The van der Waals surface area contributed by atoms with E-state index in [1.807, 2.05) is 0 Å². The molecule has 2 aliphatic rings. The molecule has 5 amide bonds. The van der Waals surface area contributed by atoms with Crippen LogP contribution in [0.4, 0.5) is 4.79 Å². The predicted molar refractivity (Wildman–Crippen MR) is 69.4 cm³/mol. The molecule has 7 heteroatoms. The molecule has 20 heavy (non-hydrogen) atoms. The maximum Gasteiger partial charge on any atom is 0.331 e. The summed E-state index contributed by atoms with van der Waals surface area (Å²) in [5.74, 6) is -1.50. The van der Waals surface area contributed by atoms with Crippen LogP contribution in [0.3, 0.4) is 0 Å². The Bertz CT molecular complexity index is 468. The minimum absolute atomic E-state index is 0.432. The number of likely N-dealkylation sites (N-methyl/N-ethyl adjacent to an activating group) is 1. The van der Waals surface area contributed by atoms with Gasteiger partial charge in [0.15, 0.2) is 0 Å². The number of urea groups is 1. The third-order valence-electron chi connectivity index (χ3n) is 4.22. The van der Waals surface area contributed by atoms with Gasteiger partial charge in [-0.05, 0) is 19.8 Å². The van der Waals surface area contributed by atoms with Gasteiger partial charge in [0.25, 0.3) is 0 Å². The largest absolute Gasteiger partial charge is 0.357 e. The minimum atomic E-state index is -1.17. The highest BCUT2D eigenvalue weighted by atomic mass is 16.2. The third kappa shape index (κ3) is 2.07. The first-order valence-corrected chi connectivity index (χ1v) is 6.85. The lowest BCUT2D eigenvalue weighted by molar-refractivity contribution is -0.157. The molecular weight excluding hydrogens is 262 g/mol. The number of imide groups is 2. The van der Waals surface area contributed by atoms with Crippen LogP contribution in [0.25, 0.3) is 0 Å². The molecule has 1 aliphatic heterocycles. The SMILES string of the molecule is CNC(=O)C(C)N1C(=O)NC(=O)C2(CCCCC2)C1=O. The second kappa shape index (κ2) is 5.22. The number of rotatable bonds is 2. The van der Waals surface area contributed by atoms with Crippen LogP contribution in [-0.4, -0.2) is 41.7 Å². The summed E-state index contributed by atoms with van der Waals surface area (Å²) >= 11 is 0. The molecule has 1 saturated heterocycles. The van der Waals surface area contributed by atoms with Gasteiger partial charge in [-0.15, -0.1) is 0 Å². The van der Waals surface area contributed by atoms with Crippen LogP contribution >= 0.6 is 0 Å². The van der Waals surface area contributed by atoms with E-state index in [1.165, 1.54) is 14.0 Å². The number of nitrogens with zero attached hydrogens (tertiary/aromatic N) is 1. The summed E-state index contributed by atoms with van der Waals surface area (Å²) in [5, 5.41) is 4.64. The maximum absolute atomic E-state index is 12.6. The van der Waals surface area contributed by atoms with Gasteiger partial charge < -0.3 is 5.32 Å². The molecular formula is C13H19N3O4. The minimum Gasteiger partial charge on any atom is -0.357 e. The lowest BCUT2D eigenvalue weighted by Crippen LogP contribution is -2.67. The van der Waals surface area contributed by atoms with Gasteiger partial charge in [-0.1, -0.05) is 19.3 Å². The summed E-state index contributed by atoms with van der Waals surface area (Å²) in [5.41, 5.74) is -1.17. The summed E-state index contributed by atoms with van der Waals surface area (Å²) in [7, 11) is 1.44. The molecule has 2 fully saturated rings. The molecule has 1 unspecified atom stereocenters. The van der Waals surface area contributed by atoms with Crippen molar-refractivity contribution >= 4 is 23.8 Å². The van der Waals surface area contributed by atoms with Crippen LogP contribution in [-0.2, 0) is 14.4 Å². The molecule has 1 aliphatic carbocycles. The number of carbonyl (C=O) groups excluding carboxylic acids is 4. The molecule has 0 aromatic heterocycles. The lowest BCUT2D eigenvalue weighted by atomic mass is 9.71. The van der Waals surface area contributed by atoms with Crippen LogP contribution in [0.2, 0.25) is 0 Å². The Labute approximate surface area is 117 Å². The second-order valence-electron chi connectivity index (χ2n) is 5.37. The monoisotopic (exact) mass is 281 g/mol. The van der Waals surface area contributed by atoms with Crippen LogP contribution in [0.1, 0.15) is 39.0 Å². The Hall–Kier alpha value is -1.92. The van der Waals surface area contributed by atoms with Gasteiger partial charge in [0.1, 0.15) is 11.5 Å². The van der Waals surface area contributed by atoms with Crippen molar-refractivity contribution in [3.8, 4) is 0 Å². The molecule has 0 aromatic rings. The predicted octanol–water partition coefficient (Wildman–Crippen LogP) is 0.150. The number of barbiturate groups is 1. The lowest BCUT2D eigenvalue weighted by Gasteiger charge is -2.42. The summed E-state index contributed by atoms with van der Waals surface area (Å²) in [6, 6.07) is -1.74. The van der Waals surface area contributed by atoms with Crippen molar-refractivity contribution in [2.45, 2.75) is 45.1 Å². The van der Waals surface area contributed by atoms with E-state index in [4.69, 9.17) is 0 Å².